The third-order valence-electron chi connectivity index (χ3n) is 9.37. The fourth-order valence-corrected chi connectivity index (χ4v) is 7.41. The number of rotatable bonds is 2. The maximum Gasteiger partial charge on any atom is 0.135 e. The molecule has 0 unspecified atom stereocenters. The predicted molar refractivity (Wildman–Crippen MR) is 182 cm³/mol. The van der Waals surface area contributed by atoms with Crippen LogP contribution in [-0.4, -0.2) is 0 Å². The van der Waals surface area contributed by atoms with Gasteiger partial charge < -0.3 is 4.74 Å². The lowest BCUT2D eigenvalue weighted by Crippen LogP contribution is -1.98. The number of hydrogen-bond donors (Lipinski definition) is 0. The Morgan fingerprint density at radius 3 is 1.91 bits per heavy atom. The van der Waals surface area contributed by atoms with Gasteiger partial charge >= 0.3 is 0 Å². The average Bonchev–Trinajstić information content (AvgIpc) is 3.07. The summed E-state index contributed by atoms with van der Waals surface area (Å²) in [4.78, 5) is 0. The fourth-order valence-electron chi connectivity index (χ4n) is 7.41. The van der Waals surface area contributed by atoms with Crippen molar-refractivity contribution >= 4 is 53.9 Å². The van der Waals surface area contributed by atoms with E-state index < -0.39 is 0 Å². The summed E-state index contributed by atoms with van der Waals surface area (Å²) in [5, 5.41) is 12.8. The van der Waals surface area contributed by atoms with Crippen LogP contribution < -0.4 is 4.74 Å². The van der Waals surface area contributed by atoms with E-state index in [-0.39, 0.29) is 0 Å². The molecule has 0 fully saturated rings. The first-order chi connectivity index (χ1) is 21.3. The molecule has 9 aromatic carbocycles. The molecule has 0 radical (unpaired) electrons. The molecule has 1 heterocycles. The highest BCUT2D eigenvalue weighted by Crippen LogP contribution is 2.49. The van der Waals surface area contributed by atoms with E-state index in [4.69, 9.17) is 4.74 Å². The van der Waals surface area contributed by atoms with Gasteiger partial charge in [0.05, 0.1) is 0 Å². The van der Waals surface area contributed by atoms with E-state index in [0.29, 0.717) is 0 Å². The summed E-state index contributed by atoms with van der Waals surface area (Å²) < 4.78 is 6.60. The number of fused-ring (bicyclic) bond motifs is 4. The van der Waals surface area contributed by atoms with Crippen molar-refractivity contribution in [3.05, 3.63) is 146 Å². The molecule has 1 aliphatic rings. The number of hydrogen-bond acceptors (Lipinski definition) is 1. The summed E-state index contributed by atoms with van der Waals surface area (Å²) in [6.07, 6.45) is 0. The Morgan fingerprint density at radius 1 is 0.302 bits per heavy atom. The van der Waals surface area contributed by atoms with Crippen LogP contribution in [0.25, 0.3) is 87.2 Å². The van der Waals surface area contributed by atoms with Crippen LogP contribution in [0.3, 0.4) is 0 Å². The van der Waals surface area contributed by atoms with E-state index in [2.05, 4.69) is 146 Å². The molecule has 9 aromatic rings. The second-order valence-corrected chi connectivity index (χ2v) is 11.7. The van der Waals surface area contributed by atoms with E-state index in [9.17, 15) is 0 Å². The summed E-state index contributed by atoms with van der Waals surface area (Å²) in [5.74, 6) is 1.83. The van der Waals surface area contributed by atoms with E-state index in [1.54, 1.807) is 0 Å². The molecule has 0 amide bonds. The molecule has 43 heavy (non-hydrogen) atoms. The second-order valence-electron chi connectivity index (χ2n) is 11.7. The maximum atomic E-state index is 6.60. The molecule has 1 aliphatic heterocycles. The first-order valence-corrected chi connectivity index (χ1v) is 14.8. The Labute approximate surface area is 248 Å². The molecule has 0 saturated carbocycles. The highest BCUT2D eigenvalue weighted by Gasteiger charge is 2.22. The zero-order chi connectivity index (χ0) is 28.1. The lowest BCUT2D eigenvalue weighted by atomic mass is 9.88. The van der Waals surface area contributed by atoms with Gasteiger partial charge in [-0.05, 0) is 107 Å². The quantitative estimate of drug-likeness (QED) is 0.197. The van der Waals surface area contributed by atoms with Gasteiger partial charge in [0.15, 0.2) is 0 Å². The van der Waals surface area contributed by atoms with E-state index in [1.807, 2.05) is 0 Å². The Hall–Kier alpha value is -5.66. The Kier molecular flexibility index (Phi) is 4.51. The van der Waals surface area contributed by atoms with Crippen LogP contribution in [0.4, 0.5) is 0 Å². The standard InChI is InChI=1S/C42H24O/c1-2-11-32-31(6-1)23-37-34-20-18-29(24-39(34)43-38-13-5-12-35(32)42(37)38)28-9-4-10-30(22-28)33-19-16-27-15-14-25-7-3-8-26-17-21-36(33)41(27)40(25)26/h1-24H. The smallest absolute Gasteiger partial charge is 0.135 e. The summed E-state index contributed by atoms with van der Waals surface area (Å²) in [6, 6.07) is 53.1. The van der Waals surface area contributed by atoms with Gasteiger partial charge in [-0.1, -0.05) is 115 Å². The Bertz CT molecular complexity index is 2570. The van der Waals surface area contributed by atoms with Crippen LogP contribution in [0.15, 0.2) is 146 Å². The molecule has 0 saturated heterocycles. The van der Waals surface area contributed by atoms with E-state index in [0.717, 1.165) is 22.6 Å². The maximum absolute atomic E-state index is 6.60. The van der Waals surface area contributed by atoms with Crippen LogP contribution in [-0.2, 0) is 0 Å². The third-order valence-corrected chi connectivity index (χ3v) is 9.37. The molecule has 0 spiro atoms. The first-order valence-electron chi connectivity index (χ1n) is 14.8. The van der Waals surface area contributed by atoms with Crippen molar-refractivity contribution in [2.75, 3.05) is 0 Å². The summed E-state index contributed by atoms with van der Waals surface area (Å²) in [5.41, 5.74) is 7.18. The van der Waals surface area contributed by atoms with Crippen LogP contribution in [0.2, 0.25) is 0 Å². The topological polar surface area (TPSA) is 9.23 Å². The van der Waals surface area contributed by atoms with Gasteiger partial charge in [0.25, 0.3) is 0 Å². The zero-order valence-corrected chi connectivity index (χ0v) is 23.3. The molecular formula is C42H24O. The van der Waals surface area contributed by atoms with Crippen molar-refractivity contribution in [3.8, 4) is 44.9 Å². The SMILES string of the molecule is c1cc(-c2ccc3c(c2)Oc2cccc4c2c-3cc2ccccc24)cc(-c2ccc3ccc4cccc5ccc2c3c45)c1. The van der Waals surface area contributed by atoms with Gasteiger partial charge in [0.1, 0.15) is 11.5 Å². The van der Waals surface area contributed by atoms with Gasteiger partial charge in [0, 0.05) is 10.9 Å². The molecular weight excluding hydrogens is 520 g/mol. The Morgan fingerprint density at radius 2 is 0.977 bits per heavy atom. The molecule has 10 rings (SSSR count). The van der Waals surface area contributed by atoms with Crippen LogP contribution >= 0.6 is 0 Å². The van der Waals surface area contributed by atoms with Gasteiger partial charge in [-0.15, -0.1) is 0 Å². The molecule has 0 N–H and O–H groups in total. The number of benzene rings is 9. The largest absolute Gasteiger partial charge is 0.456 e. The summed E-state index contributed by atoms with van der Waals surface area (Å²) >= 11 is 0. The summed E-state index contributed by atoms with van der Waals surface area (Å²) in [7, 11) is 0. The monoisotopic (exact) mass is 544 g/mol. The minimum absolute atomic E-state index is 0.904. The molecule has 0 aromatic heterocycles. The fraction of sp³-hybridized carbons (Fsp3) is 0. The highest BCUT2D eigenvalue weighted by molar-refractivity contribution is 6.25. The van der Waals surface area contributed by atoms with Crippen molar-refractivity contribution < 1.29 is 4.74 Å². The Balaban J connectivity index is 1.13. The van der Waals surface area contributed by atoms with Gasteiger partial charge in [-0.2, -0.15) is 0 Å². The predicted octanol–water partition coefficient (Wildman–Crippen LogP) is 12.0. The summed E-state index contributed by atoms with van der Waals surface area (Å²) in [6.45, 7) is 0. The lowest BCUT2D eigenvalue weighted by Gasteiger charge is -2.23. The van der Waals surface area contributed by atoms with Crippen molar-refractivity contribution in [3.63, 3.8) is 0 Å². The molecule has 0 aliphatic carbocycles. The average molecular weight is 545 g/mol. The normalized spacial score (nSPS) is 12.4. The van der Waals surface area contributed by atoms with E-state index >= 15 is 0 Å². The van der Waals surface area contributed by atoms with Crippen molar-refractivity contribution in [2.45, 2.75) is 0 Å². The molecule has 0 atom stereocenters. The van der Waals surface area contributed by atoms with Gasteiger partial charge in [-0.3, -0.25) is 0 Å². The molecule has 198 valence electrons. The lowest BCUT2D eigenvalue weighted by molar-refractivity contribution is 0.487. The zero-order valence-electron chi connectivity index (χ0n) is 23.3. The van der Waals surface area contributed by atoms with Crippen molar-refractivity contribution in [2.24, 2.45) is 0 Å². The first kappa shape index (κ1) is 23.0. The highest BCUT2D eigenvalue weighted by atomic mass is 16.5. The van der Waals surface area contributed by atoms with Crippen LogP contribution in [0.5, 0.6) is 11.5 Å². The molecule has 1 heteroatoms. The minimum Gasteiger partial charge on any atom is -0.456 e. The molecule has 0 bridgehead atoms. The minimum atomic E-state index is 0.904. The van der Waals surface area contributed by atoms with Gasteiger partial charge in [-0.25, -0.2) is 0 Å². The van der Waals surface area contributed by atoms with Gasteiger partial charge in [0.2, 0.25) is 0 Å². The third kappa shape index (κ3) is 3.22. The van der Waals surface area contributed by atoms with Crippen LogP contribution in [0, 0.1) is 0 Å². The molecule has 1 nitrogen and oxygen atoms in total. The van der Waals surface area contributed by atoms with Crippen molar-refractivity contribution in [1.29, 1.82) is 0 Å². The second kappa shape index (κ2) is 8.44. The number of ether oxygens (including phenoxy) is 1. The van der Waals surface area contributed by atoms with Crippen LogP contribution in [0.1, 0.15) is 0 Å². The van der Waals surface area contributed by atoms with E-state index in [1.165, 1.54) is 76.1 Å². The van der Waals surface area contributed by atoms with Crippen molar-refractivity contribution in [1.82, 2.24) is 0 Å².